The van der Waals surface area contributed by atoms with E-state index in [4.69, 9.17) is 0 Å². The highest BCUT2D eigenvalue weighted by Crippen LogP contribution is 2.35. The van der Waals surface area contributed by atoms with E-state index in [2.05, 4.69) is 19.2 Å². The molecule has 0 amide bonds. The SMILES string of the molecule is CCCCC(CC)Cc1scc2scc(F)c12. The fourth-order valence-electron chi connectivity index (χ4n) is 2.25. The maximum absolute atomic E-state index is 13.7. The Hall–Kier alpha value is -0.410. The molecule has 0 spiro atoms. The van der Waals surface area contributed by atoms with Gasteiger partial charge < -0.3 is 0 Å². The Morgan fingerprint density at radius 1 is 1.24 bits per heavy atom. The molecule has 1 atom stereocenters. The number of hydrogen-bond donors (Lipinski definition) is 0. The van der Waals surface area contributed by atoms with Crippen molar-refractivity contribution in [1.82, 2.24) is 0 Å². The fraction of sp³-hybridized carbons (Fsp3) is 0.571. The number of halogens is 1. The second-order valence-electron chi connectivity index (χ2n) is 4.60. The van der Waals surface area contributed by atoms with Gasteiger partial charge >= 0.3 is 0 Å². The molecule has 0 N–H and O–H groups in total. The molecule has 0 aromatic carbocycles. The molecule has 0 bridgehead atoms. The zero-order chi connectivity index (χ0) is 12.3. The van der Waals surface area contributed by atoms with Crippen molar-refractivity contribution in [1.29, 1.82) is 0 Å². The lowest BCUT2D eigenvalue weighted by molar-refractivity contribution is 0.452. The first-order valence-electron chi connectivity index (χ1n) is 6.39. The van der Waals surface area contributed by atoms with Gasteiger partial charge in [0.25, 0.3) is 0 Å². The molecule has 2 aromatic heterocycles. The maximum atomic E-state index is 13.7. The van der Waals surface area contributed by atoms with Gasteiger partial charge in [-0.2, -0.15) is 0 Å². The third-order valence-corrected chi connectivity index (χ3v) is 5.44. The lowest BCUT2D eigenvalue weighted by Crippen LogP contribution is -2.02. The molecule has 0 aliphatic rings. The van der Waals surface area contributed by atoms with Crippen molar-refractivity contribution in [2.45, 2.75) is 46.0 Å². The smallest absolute Gasteiger partial charge is 0.142 e. The van der Waals surface area contributed by atoms with Crippen LogP contribution in [-0.4, -0.2) is 0 Å². The minimum absolute atomic E-state index is 0.0217. The summed E-state index contributed by atoms with van der Waals surface area (Å²) < 4.78 is 14.8. The highest BCUT2D eigenvalue weighted by atomic mass is 32.1. The van der Waals surface area contributed by atoms with Crippen LogP contribution in [-0.2, 0) is 6.42 Å². The highest BCUT2D eigenvalue weighted by Gasteiger charge is 2.15. The van der Waals surface area contributed by atoms with Gasteiger partial charge in [0, 0.05) is 25.7 Å². The molecule has 0 saturated carbocycles. The molecular weight excluding hydrogens is 251 g/mol. The highest BCUT2D eigenvalue weighted by molar-refractivity contribution is 7.22. The number of unbranched alkanes of at least 4 members (excludes halogenated alkanes) is 1. The van der Waals surface area contributed by atoms with Gasteiger partial charge in [0.05, 0.1) is 0 Å². The van der Waals surface area contributed by atoms with Crippen LogP contribution in [0.3, 0.4) is 0 Å². The van der Waals surface area contributed by atoms with Crippen molar-refractivity contribution in [3.63, 3.8) is 0 Å². The van der Waals surface area contributed by atoms with Crippen molar-refractivity contribution < 1.29 is 4.39 Å². The Kier molecular flexibility index (Phi) is 4.57. The van der Waals surface area contributed by atoms with E-state index in [1.54, 1.807) is 16.7 Å². The summed E-state index contributed by atoms with van der Waals surface area (Å²) in [4.78, 5) is 1.25. The van der Waals surface area contributed by atoms with Crippen LogP contribution < -0.4 is 0 Å². The lowest BCUT2D eigenvalue weighted by atomic mass is 9.94. The summed E-state index contributed by atoms with van der Waals surface area (Å²) >= 11 is 3.25. The first-order chi connectivity index (χ1) is 8.26. The summed E-state index contributed by atoms with van der Waals surface area (Å²) in [5.74, 6) is 0.697. The predicted molar refractivity (Wildman–Crippen MR) is 76.7 cm³/mol. The summed E-state index contributed by atoms with van der Waals surface area (Å²) in [6.07, 6.45) is 6.07. The molecule has 2 aromatic rings. The van der Waals surface area contributed by atoms with Crippen LogP contribution in [0.15, 0.2) is 10.8 Å². The molecule has 0 radical (unpaired) electrons. The van der Waals surface area contributed by atoms with Crippen LogP contribution in [0.5, 0.6) is 0 Å². The summed E-state index contributed by atoms with van der Waals surface area (Å²) in [5.41, 5.74) is 0. The maximum Gasteiger partial charge on any atom is 0.142 e. The van der Waals surface area contributed by atoms with E-state index in [1.165, 1.54) is 41.9 Å². The Labute approximate surface area is 110 Å². The summed E-state index contributed by atoms with van der Waals surface area (Å²) in [6, 6.07) is 0. The molecule has 0 saturated heterocycles. The predicted octanol–water partition coefficient (Wildman–Crippen LogP) is 5.86. The average molecular weight is 270 g/mol. The molecular formula is C14H19FS2. The molecule has 0 aliphatic heterocycles. The molecule has 1 unspecified atom stereocenters. The first-order valence-corrected chi connectivity index (χ1v) is 8.15. The standard InChI is InChI=1S/C14H19FS2/c1-3-5-6-10(4-2)7-12-14-11(15)8-16-13(14)9-17-12/h8-10H,3-7H2,1-2H3. The van der Waals surface area contributed by atoms with Crippen LogP contribution >= 0.6 is 22.7 Å². The van der Waals surface area contributed by atoms with Gasteiger partial charge in [-0.05, 0) is 12.3 Å². The second-order valence-corrected chi connectivity index (χ2v) is 6.48. The zero-order valence-electron chi connectivity index (χ0n) is 10.5. The Balaban J connectivity index is 2.13. The van der Waals surface area contributed by atoms with Gasteiger partial charge in [-0.3, -0.25) is 0 Å². The van der Waals surface area contributed by atoms with Crippen molar-refractivity contribution in [2.24, 2.45) is 5.92 Å². The van der Waals surface area contributed by atoms with E-state index in [1.807, 2.05) is 0 Å². The minimum atomic E-state index is -0.0217. The molecule has 0 nitrogen and oxygen atoms in total. The van der Waals surface area contributed by atoms with Crippen molar-refractivity contribution in [2.75, 3.05) is 0 Å². The molecule has 17 heavy (non-hydrogen) atoms. The average Bonchev–Trinajstić information content (AvgIpc) is 2.89. The largest absolute Gasteiger partial charge is 0.205 e. The van der Waals surface area contributed by atoms with Gasteiger partial charge in [-0.1, -0.05) is 39.5 Å². The van der Waals surface area contributed by atoms with E-state index in [0.29, 0.717) is 0 Å². The molecule has 3 heteroatoms. The minimum Gasteiger partial charge on any atom is -0.205 e. The topological polar surface area (TPSA) is 0 Å². The van der Waals surface area contributed by atoms with Crippen molar-refractivity contribution in [3.8, 4) is 0 Å². The molecule has 0 aliphatic carbocycles. The van der Waals surface area contributed by atoms with E-state index >= 15 is 0 Å². The van der Waals surface area contributed by atoms with Crippen LogP contribution in [0.1, 0.15) is 44.4 Å². The number of hydrogen-bond acceptors (Lipinski definition) is 2. The van der Waals surface area contributed by atoms with E-state index in [-0.39, 0.29) is 5.82 Å². The van der Waals surface area contributed by atoms with Crippen LogP contribution in [0.25, 0.3) is 10.1 Å². The van der Waals surface area contributed by atoms with Crippen molar-refractivity contribution >= 4 is 32.8 Å². The van der Waals surface area contributed by atoms with Gasteiger partial charge in [-0.15, -0.1) is 22.7 Å². The number of rotatable bonds is 6. The monoisotopic (exact) mass is 270 g/mol. The van der Waals surface area contributed by atoms with Crippen LogP contribution in [0, 0.1) is 11.7 Å². The van der Waals surface area contributed by atoms with E-state index in [9.17, 15) is 4.39 Å². The fourth-order valence-corrected chi connectivity index (χ4v) is 4.39. The summed E-state index contributed by atoms with van der Waals surface area (Å²) in [5, 5.41) is 4.63. The zero-order valence-corrected chi connectivity index (χ0v) is 12.1. The number of fused-ring (bicyclic) bond motifs is 1. The lowest BCUT2D eigenvalue weighted by Gasteiger charge is -2.13. The Morgan fingerprint density at radius 2 is 2.06 bits per heavy atom. The third kappa shape index (κ3) is 2.89. The van der Waals surface area contributed by atoms with Crippen LogP contribution in [0.4, 0.5) is 4.39 Å². The van der Waals surface area contributed by atoms with E-state index < -0.39 is 0 Å². The van der Waals surface area contributed by atoms with Crippen molar-refractivity contribution in [3.05, 3.63) is 21.5 Å². The van der Waals surface area contributed by atoms with E-state index in [0.717, 1.165) is 22.4 Å². The first kappa shape index (κ1) is 13.0. The van der Waals surface area contributed by atoms with Gasteiger partial charge in [-0.25, -0.2) is 4.39 Å². The van der Waals surface area contributed by atoms with Gasteiger partial charge in [0.1, 0.15) is 5.82 Å². The Bertz CT molecular complexity index is 469. The summed E-state index contributed by atoms with van der Waals surface area (Å²) in [7, 11) is 0. The van der Waals surface area contributed by atoms with Crippen LogP contribution in [0.2, 0.25) is 0 Å². The molecule has 0 fully saturated rings. The Morgan fingerprint density at radius 3 is 2.76 bits per heavy atom. The quantitative estimate of drug-likeness (QED) is 0.616. The molecule has 94 valence electrons. The molecule has 2 heterocycles. The normalized spacial score (nSPS) is 13.4. The number of thiophene rings is 2. The van der Waals surface area contributed by atoms with Gasteiger partial charge in [0.2, 0.25) is 0 Å². The summed E-state index contributed by atoms with van der Waals surface area (Å²) in [6.45, 7) is 4.48. The molecule has 2 rings (SSSR count). The van der Waals surface area contributed by atoms with Gasteiger partial charge in [0.15, 0.2) is 0 Å². The second kappa shape index (κ2) is 5.96. The third-order valence-electron chi connectivity index (χ3n) is 3.38.